The Morgan fingerprint density at radius 2 is 2.35 bits per heavy atom. The lowest BCUT2D eigenvalue weighted by Crippen LogP contribution is -2.15. The molecule has 3 heteroatoms. The van der Waals surface area contributed by atoms with Gasteiger partial charge in [-0.15, -0.1) is 0 Å². The lowest BCUT2D eigenvalue weighted by molar-refractivity contribution is 0.145. The van der Waals surface area contributed by atoms with E-state index in [-0.39, 0.29) is 0 Å². The van der Waals surface area contributed by atoms with E-state index < -0.39 is 0 Å². The first kappa shape index (κ1) is 12.3. The molecule has 3 nitrogen and oxygen atoms in total. The number of hydrogen-bond acceptors (Lipinski definition) is 3. The fourth-order valence-corrected chi connectivity index (χ4v) is 1.52. The Morgan fingerprint density at radius 3 is 3.00 bits per heavy atom. The molecule has 1 aromatic rings. The second kappa shape index (κ2) is 6.52. The van der Waals surface area contributed by atoms with Gasteiger partial charge in [0.25, 0.3) is 0 Å². The molecule has 1 heterocycles. The minimum absolute atomic E-state index is 0.584. The largest absolute Gasteiger partial charge is 0.371 e. The maximum Gasteiger partial charge on any atom is 0.0892 e. The van der Waals surface area contributed by atoms with E-state index in [0.717, 1.165) is 18.3 Å². The lowest BCUT2D eigenvalue weighted by Gasteiger charge is -2.04. The average Bonchev–Trinajstić information content (AvgIpc) is 3.18. The number of aromatic nitrogens is 1. The average molecular weight is 232 g/mol. The van der Waals surface area contributed by atoms with E-state index in [9.17, 15) is 0 Å². The van der Waals surface area contributed by atoms with E-state index in [2.05, 4.69) is 16.4 Å². The molecule has 1 saturated carbocycles. The minimum Gasteiger partial charge on any atom is -0.371 e. The van der Waals surface area contributed by atoms with E-state index >= 15 is 0 Å². The summed E-state index contributed by atoms with van der Waals surface area (Å²) in [5.74, 6) is 0. The number of nitrogens with one attached hydrogen (secondary N) is 1. The van der Waals surface area contributed by atoms with Gasteiger partial charge in [0.15, 0.2) is 0 Å². The molecular formula is C14H20N2O. The Kier molecular flexibility index (Phi) is 4.71. The molecule has 92 valence electrons. The van der Waals surface area contributed by atoms with Crippen molar-refractivity contribution in [1.29, 1.82) is 0 Å². The molecule has 0 amide bonds. The van der Waals surface area contributed by atoms with Crippen LogP contribution in [0.3, 0.4) is 0 Å². The smallest absolute Gasteiger partial charge is 0.0892 e. The fraction of sp³-hybridized carbons (Fsp3) is 0.500. The molecule has 1 aromatic heterocycles. The van der Waals surface area contributed by atoms with Crippen LogP contribution >= 0.6 is 0 Å². The van der Waals surface area contributed by atoms with Crippen LogP contribution < -0.4 is 5.32 Å². The van der Waals surface area contributed by atoms with Crippen LogP contribution in [0, 0.1) is 0 Å². The predicted octanol–water partition coefficient (Wildman–Crippen LogP) is 2.43. The van der Waals surface area contributed by atoms with Crippen molar-refractivity contribution in [1.82, 2.24) is 10.3 Å². The maximum absolute atomic E-state index is 5.44. The summed E-state index contributed by atoms with van der Waals surface area (Å²) in [7, 11) is 0. The topological polar surface area (TPSA) is 34.1 Å². The molecule has 0 unspecified atom stereocenters. The predicted molar refractivity (Wildman–Crippen MR) is 68.6 cm³/mol. The Labute approximate surface area is 103 Å². The summed E-state index contributed by atoms with van der Waals surface area (Å²) < 4.78 is 5.44. The summed E-state index contributed by atoms with van der Waals surface area (Å²) in [6, 6.07) is 4.91. The number of hydrogen-bond donors (Lipinski definition) is 1. The zero-order chi connectivity index (χ0) is 11.9. The Balaban J connectivity index is 1.71. The lowest BCUT2D eigenvalue weighted by atomic mass is 10.2. The van der Waals surface area contributed by atoms with Crippen LogP contribution in [0.1, 0.15) is 31.0 Å². The van der Waals surface area contributed by atoms with Crippen LogP contribution in [0.25, 0.3) is 0 Å². The van der Waals surface area contributed by atoms with Crippen molar-refractivity contribution in [2.75, 3.05) is 6.61 Å². The number of nitrogens with zero attached hydrogens (tertiary/aromatic N) is 1. The molecular weight excluding hydrogens is 212 g/mol. The van der Waals surface area contributed by atoms with Crippen LogP contribution in [0.5, 0.6) is 0 Å². The van der Waals surface area contributed by atoms with Gasteiger partial charge in [0.2, 0.25) is 0 Å². The molecule has 0 bridgehead atoms. The molecule has 0 aliphatic heterocycles. The normalized spacial score (nSPS) is 15.6. The zero-order valence-electron chi connectivity index (χ0n) is 10.4. The highest BCUT2D eigenvalue weighted by molar-refractivity contribution is 5.13. The van der Waals surface area contributed by atoms with Crippen molar-refractivity contribution < 1.29 is 4.74 Å². The van der Waals surface area contributed by atoms with Gasteiger partial charge < -0.3 is 10.1 Å². The fourth-order valence-electron chi connectivity index (χ4n) is 1.52. The van der Waals surface area contributed by atoms with E-state index in [1.807, 2.05) is 31.3 Å². The third kappa shape index (κ3) is 4.67. The van der Waals surface area contributed by atoms with E-state index in [1.54, 1.807) is 0 Å². The van der Waals surface area contributed by atoms with Crippen LogP contribution in [0.4, 0.5) is 0 Å². The molecule has 1 aliphatic carbocycles. The quantitative estimate of drug-likeness (QED) is 0.579. The molecule has 0 aromatic carbocycles. The van der Waals surface area contributed by atoms with E-state index in [0.29, 0.717) is 13.2 Å². The molecule has 0 atom stereocenters. The van der Waals surface area contributed by atoms with Crippen LogP contribution in [-0.4, -0.2) is 17.6 Å². The van der Waals surface area contributed by atoms with Gasteiger partial charge in [-0.25, -0.2) is 0 Å². The third-order valence-corrected chi connectivity index (χ3v) is 2.76. The molecule has 0 saturated heterocycles. The van der Waals surface area contributed by atoms with Crippen molar-refractivity contribution in [3.8, 4) is 0 Å². The molecule has 2 rings (SSSR count). The first-order valence-corrected chi connectivity index (χ1v) is 6.24. The summed E-state index contributed by atoms with van der Waals surface area (Å²) in [6.45, 7) is 4.16. The Hall–Kier alpha value is -1.19. The second-order valence-electron chi connectivity index (χ2n) is 4.40. The number of ether oxygens (including phenoxy) is 1. The van der Waals surface area contributed by atoms with Crippen molar-refractivity contribution >= 4 is 0 Å². The minimum atomic E-state index is 0.584. The van der Waals surface area contributed by atoms with Gasteiger partial charge >= 0.3 is 0 Å². The summed E-state index contributed by atoms with van der Waals surface area (Å²) in [4.78, 5) is 4.39. The highest BCUT2D eigenvalue weighted by Gasteiger charge is 2.19. The second-order valence-corrected chi connectivity index (χ2v) is 4.40. The SMILES string of the molecule is CC=CCOCc1ccc(CNC2CC2)cn1. The molecule has 1 fully saturated rings. The van der Waals surface area contributed by atoms with Crippen LogP contribution in [-0.2, 0) is 17.9 Å². The van der Waals surface area contributed by atoms with Gasteiger partial charge in [0.1, 0.15) is 0 Å². The number of pyridine rings is 1. The molecule has 0 radical (unpaired) electrons. The molecule has 1 N–H and O–H groups in total. The third-order valence-electron chi connectivity index (χ3n) is 2.76. The van der Waals surface area contributed by atoms with Crippen molar-refractivity contribution in [3.05, 3.63) is 41.7 Å². The summed E-state index contributed by atoms with van der Waals surface area (Å²) in [6.07, 6.45) is 8.56. The highest BCUT2D eigenvalue weighted by Crippen LogP contribution is 2.19. The van der Waals surface area contributed by atoms with Gasteiger partial charge in [0, 0.05) is 18.8 Å². The molecule has 0 spiro atoms. The standard InChI is InChI=1S/C14H20N2O/c1-2-3-8-17-11-14-5-4-12(10-16-14)9-15-13-6-7-13/h2-5,10,13,15H,6-9,11H2,1H3. The van der Waals surface area contributed by atoms with Gasteiger partial charge in [-0.1, -0.05) is 18.2 Å². The monoisotopic (exact) mass is 232 g/mol. The summed E-state index contributed by atoms with van der Waals surface area (Å²) in [5, 5.41) is 3.47. The van der Waals surface area contributed by atoms with Crippen molar-refractivity contribution in [3.63, 3.8) is 0 Å². The van der Waals surface area contributed by atoms with Crippen LogP contribution in [0.15, 0.2) is 30.5 Å². The highest BCUT2D eigenvalue weighted by atomic mass is 16.5. The van der Waals surface area contributed by atoms with Gasteiger partial charge in [-0.05, 0) is 31.4 Å². The van der Waals surface area contributed by atoms with Crippen molar-refractivity contribution in [2.45, 2.75) is 39.0 Å². The van der Waals surface area contributed by atoms with E-state index in [4.69, 9.17) is 4.74 Å². The van der Waals surface area contributed by atoms with E-state index in [1.165, 1.54) is 18.4 Å². The maximum atomic E-state index is 5.44. The number of allylic oxidation sites excluding steroid dienone is 1. The molecule has 17 heavy (non-hydrogen) atoms. The van der Waals surface area contributed by atoms with Crippen molar-refractivity contribution in [2.24, 2.45) is 0 Å². The number of rotatable bonds is 7. The van der Waals surface area contributed by atoms with Gasteiger partial charge in [0.05, 0.1) is 18.9 Å². The summed E-state index contributed by atoms with van der Waals surface area (Å²) in [5.41, 5.74) is 2.23. The first-order chi connectivity index (χ1) is 8.38. The first-order valence-electron chi connectivity index (χ1n) is 6.24. The summed E-state index contributed by atoms with van der Waals surface area (Å²) >= 11 is 0. The Morgan fingerprint density at radius 1 is 1.47 bits per heavy atom. The van der Waals surface area contributed by atoms with Gasteiger partial charge in [-0.3, -0.25) is 4.98 Å². The Bertz CT molecular complexity index is 355. The van der Waals surface area contributed by atoms with Crippen LogP contribution in [0.2, 0.25) is 0 Å². The molecule has 1 aliphatic rings. The van der Waals surface area contributed by atoms with Gasteiger partial charge in [-0.2, -0.15) is 0 Å². The zero-order valence-corrected chi connectivity index (χ0v) is 10.4.